The second-order valence-corrected chi connectivity index (χ2v) is 4.61. The molecule has 90 valence electrons. The normalized spacial score (nSPS) is 10.7. The summed E-state index contributed by atoms with van der Waals surface area (Å²) in [6, 6.07) is 7.66. The highest BCUT2D eigenvalue weighted by molar-refractivity contribution is 7.07. The molecule has 0 bridgehead atoms. The number of anilines is 1. The minimum absolute atomic E-state index is 0.237. The predicted octanol–water partition coefficient (Wildman–Crippen LogP) is 2.17. The average Bonchev–Trinajstić information content (AvgIpc) is 2.97. The molecule has 0 radical (unpaired) electrons. The minimum Gasteiger partial charge on any atom is -0.359 e. The van der Waals surface area contributed by atoms with Crippen LogP contribution in [0.25, 0.3) is 10.9 Å². The maximum Gasteiger partial charge on any atom is 0.305 e. The first-order valence-electron chi connectivity index (χ1n) is 5.29. The second kappa shape index (κ2) is 4.15. The maximum absolute atomic E-state index is 11.9. The number of para-hydroxylation sites is 1. The molecule has 0 saturated heterocycles. The lowest BCUT2D eigenvalue weighted by atomic mass is 10.2. The first-order chi connectivity index (χ1) is 8.74. The van der Waals surface area contributed by atoms with Gasteiger partial charge in [0, 0.05) is 22.5 Å². The zero-order valence-corrected chi connectivity index (χ0v) is 10.0. The van der Waals surface area contributed by atoms with E-state index >= 15 is 0 Å². The Morgan fingerprint density at radius 3 is 2.89 bits per heavy atom. The van der Waals surface area contributed by atoms with Crippen molar-refractivity contribution < 1.29 is 4.79 Å². The summed E-state index contributed by atoms with van der Waals surface area (Å²) in [4.78, 5) is 28.2. The molecule has 5 nitrogen and oxygen atoms in total. The third-order valence-electron chi connectivity index (χ3n) is 2.60. The molecule has 0 aliphatic carbocycles. The monoisotopic (exact) mass is 259 g/mol. The van der Waals surface area contributed by atoms with Gasteiger partial charge in [-0.25, -0.2) is 0 Å². The molecule has 0 saturated carbocycles. The molecule has 1 aromatic carbocycles. The zero-order chi connectivity index (χ0) is 12.5. The number of rotatable bonds is 2. The van der Waals surface area contributed by atoms with Crippen molar-refractivity contribution in [1.29, 1.82) is 0 Å². The first-order valence-corrected chi connectivity index (χ1v) is 6.17. The molecule has 18 heavy (non-hydrogen) atoms. The third-order valence-corrected chi connectivity index (χ3v) is 3.27. The average molecular weight is 259 g/mol. The summed E-state index contributed by atoms with van der Waals surface area (Å²) in [5, 5.41) is 5.20. The highest BCUT2D eigenvalue weighted by atomic mass is 32.1. The van der Waals surface area contributed by atoms with E-state index < -0.39 is 0 Å². The number of carbonyl (C=O) groups is 1. The van der Waals surface area contributed by atoms with Crippen LogP contribution >= 0.6 is 11.3 Å². The highest BCUT2D eigenvalue weighted by Gasteiger charge is 2.10. The Hall–Kier alpha value is -2.34. The van der Waals surface area contributed by atoms with Gasteiger partial charge in [0.2, 0.25) is 0 Å². The Kier molecular flexibility index (Phi) is 2.49. The lowest BCUT2D eigenvalue weighted by Crippen LogP contribution is -2.13. The van der Waals surface area contributed by atoms with Crippen LogP contribution in [0.3, 0.4) is 0 Å². The predicted molar refractivity (Wildman–Crippen MR) is 71.2 cm³/mol. The Morgan fingerprint density at radius 1 is 1.28 bits per heavy atom. The van der Waals surface area contributed by atoms with Gasteiger partial charge in [-0.2, -0.15) is 0 Å². The molecule has 1 amide bonds. The molecule has 0 aliphatic rings. The molecule has 3 aromatic rings. The Morgan fingerprint density at radius 2 is 2.11 bits per heavy atom. The molecule has 2 heterocycles. The van der Waals surface area contributed by atoms with Crippen LogP contribution in [0.5, 0.6) is 0 Å². The minimum atomic E-state index is -0.321. The van der Waals surface area contributed by atoms with Crippen LogP contribution in [-0.2, 0) is 0 Å². The van der Waals surface area contributed by atoms with Gasteiger partial charge in [0.15, 0.2) is 0 Å². The maximum atomic E-state index is 11.9. The van der Waals surface area contributed by atoms with Crippen molar-refractivity contribution in [2.24, 2.45) is 0 Å². The van der Waals surface area contributed by atoms with Crippen molar-refractivity contribution in [3.63, 3.8) is 0 Å². The van der Waals surface area contributed by atoms with Gasteiger partial charge in [0.25, 0.3) is 5.91 Å². The molecule has 0 fully saturated rings. The molecular weight excluding hydrogens is 250 g/mol. The number of amides is 1. The van der Waals surface area contributed by atoms with Crippen LogP contribution in [-0.4, -0.2) is 15.9 Å². The van der Waals surface area contributed by atoms with Crippen molar-refractivity contribution in [1.82, 2.24) is 9.97 Å². The van der Waals surface area contributed by atoms with Crippen molar-refractivity contribution in [2.75, 3.05) is 5.32 Å². The van der Waals surface area contributed by atoms with Crippen molar-refractivity contribution in [3.05, 3.63) is 51.2 Å². The van der Waals surface area contributed by atoms with Crippen LogP contribution < -0.4 is 10.2 Å². The summed E-state index contributed by atoms with van der Waals surface area (Å²) in [5.41, 5.74) is 1.92. The fourth-order valence-corrected chi connectivity index (χ4v) is 2.32. The van der Waals surface area contributed by atoms with Crippen molar-refractivity contribution >= 4 is 33.8 Å². The Balaban J connectivity index is 1.93. The van der Waals surface area contributed by atoms with Gasteiger partial charge in [-0.1, -0.05) is 29.5 Å². The zero-order valence-electron chi connectivity index (χ0n) is 9.19. The molecule has 3 rings (SSSR count). The van der Waals surface area contributed by atoms with Crippen LogP contribution in [0.1, 0.15) is 10.5 Å². The summed E-state index contributed by atoms with van der Waals surface area (Å²) in [6.45, 7) is 0. The number of aromatic nitrogens is 2. The standard InChI is InChI=1S/C12H9N3O2S/c16-11(10-6-18-12(17)15-10)14-9-5-13-8-4-2-1-3-7(8)9/h1-6,13H,(H,14,16)(H,15,17). The van der Waals surface area contributed by atoms with E-state index in [-0.39, 0.29) is 16.5 Å². The number of aromatic amines is 2. The van der Waals surface area contributed by atoms with E-state index in [4.69, 9.17) is 0 Å². The second-order valence-electron chi connectivity index (χ2n) is 3.76. The number of carbonyl (C=O) groups excluding carboxylic acids is 1. The van der Waals surface area contributed by atoms with E-state index in [1.54, 1.807) is 6.20 Å². The van der Waals surface area contributed by atoms with E-state index in [1.165, 1.54) is 5.38 Å². The van der Waals surface area contributed by atoms with E-state index in [9.17, 15) is 9.59 Å². The van der Waals surface area contributed by atoms with Crippen LogP contribution in [0, 0.1) is 0 Å². The molecule has 0 aliphatic heterocycles. The number of thiazole rings is 1. The fourth-order valence-electron chi connectivity index (χ4n) is 1.76. The summed E-state index contributed by atoms with van der Waals surface area (Å²) >= 11 is 0.969. The fraction of sp³-hybridized carbons (Fsp3) is 0. The number of fused-ring (bicyclic) bond motifs is 1. The van der Waals surface area contributed by atoms with E-state index in [0.717, 1.165) is 22.2 Å². The van der Waals surface area contributed by atoms with Gasteiger partial charge in [-0.15, -0.1) is 0 Å². The number of nitrogens with one attached hydrogen (secondary N) is 3. The molecule has 0 atom stereocenters. The topological polar surface area (TPSA) is 77.8 Å². The number of hydrogen-bond acceptors (Lipinski definition) is 3. The van der Waals surface area contributed by atoms with E-state index in [2.05, 4.69) is 15.3 Å². The van der Waals surface area contributed by atoms with Crippen molar-refractivity contribution in [2.45, 2.75) is 0 Å². The first kappa shape index (κ1) is 10.8. The van der Waals surface area contributed by atoms with Crippen LogP contribution in [0.15, 0.2) is 40.6 Å². The largest absolute Gasteiger partial charge is 0.359 e. The lowest BCUT2D eigenvalue weighted by Gasteiger charge is -2.01. The lowest BCUT2D eigenvalue weighted by molar-refractivity contribution is 0.102. The Labute approximate surface area is 105 Å². The van der Waals surface area contributed by atoms with Gasteiger partial charge in [-0.3, -0.25) is 9.59 Å². The highest BCUT2D eigenvalue weighted by Crippen LogP contribution is 2.22. The summed E-state index contributed by atoms with van der Waals surface area (Å²) < 4.78 is 0. The summed E-state index contributed by atoms with van der Waals surface area (Å²) in [7, 11) is 0. The van der Waals surface area contributed by atoms with Crippen molar-refractivity contribution in [3.8, 4) is 0 Å². The van der Waals surface area contributed by atoms with Gasteiger partial charge in [0.05, 0.1) is 5.69 Å². The van der Waals surface area contributed by atoms with Gasteiger partial charge < -0.3 is 15.3 Å². The summed E-state index contributed by atoms with van der Waals surface area (Å²) in [6.07, 6.45) is 1.73. The van der Waals surface area contributed by atoms with Gasteiger partial charge >= 0.3 is 4.87 Å². The van der Waals surface area contributed by atoms with Crippen LogP contribution in [0.2, 0.25) is 0 Å². The smallest absolute Gasteiger partial charge is 0.305 e. The quantitative estimate of drug-likeness (QED) is 0.659. The number of hydrogen-bond donors (Lipinski definition) is 3. The van der Waals surface area contributed by atoms with Crippen LogP contribution in [0.4, 0.5) is 5.69 Å². The SMILES string of the molecule is O=C(Nc1c[nH]c2ccccc12)c1csc(=O)[nH]1. The van der Waals surface area contributed by atoms with E-state index in [1.807, 2.05) is 24.3 Å². The molecule has 6 heteroatoms. The molecule has 0 spiro atoms. The number of benzene rings is 1. The summed E-state index contributed by atoms with van der Waals surface area (Å²) in [5.74, 6) is -0.321. The molecule has 2 aromatic heterocycles. The molecule has 3 N–H and O–H groups in total. The Bertz CT molecular complexity index is 769. The molecule has 0 unspecified atom stereocenters. The van der Waals surface area contributed by atoms with Gasteiger partial charge in [-0.05, 0) is 6.07 Å². The number of H-pyrrole nitrogens is 2. The van der Waals surface area contributed by atoms with Gasteiger partial charge in [0.1, 0.15) is 5.69 Å². The van der Waals surface area contributed by atoms with E-state index in [0.29, 0.717) is 5.69 Å². The third kappa shape index (κ3) is 1.82. The molecular formula is C12H9N3O2S.